The van der Waals surface area contributed by atoms with Gasteiger partial charge in [0.05, 0.1) is 12.2 Å². The second kappa shape index (κ2) is 10.2. The molecule has 6 heteroatoms. The van der Waals surface area contributed by atoms with Gasteiger partial charge in [-0.25, -0.2) is 9.59 Å². The van der Waals surface area contributed by atoms with E-state index in [0.717, 1.165) is 0 Å². The Labute approximate surface area is 119 Å². The first-order chi connectivity index (χ1) is 8.98. The Kier molecular flexibility index (Phi) is 10.5. The molecule has 0 saturated carbocycles. The van der Waals surface area contributed by atoms with Crippen LogP contribution in [0.25, 0.3) is 0 Å². The SMILES string of the molecule is C=C(C)C(=O)O.CC(C(=O)O)=C(CC(C)O)CC(C)O. The van der Waals surface area contributed by atoms with Gasteiger partial charge in [-0.1, -0.05) is 12.2 Å². The number of rotatable bonds is 6. The highest BCUT2D eigenvalue weighted by molar-refractivity contribution is 5.86. The fourth-order valence-corrected chi connectivity index (χ4v) is 1.25. The maximum atomic E-state index is 10.7. The van der Waals surface area contributed by atoms with E-state index in [9.17, 15) is 9.59 Å². The summed E-state index contributed by atoms with van der Waals surface area (Å²) in [5, 5.41) is 35.0. The zero-order valence-corrected chi connectivity index (χ0v) is 12.4. The van der Waals surface area contributed by atoms with Gasteiger partial charge in [-0.15, -0.1) is 0 Å². The average Bonchev–Trinajstić information content (AvgIpc) is 2.26. The molecule has 0 aromatic rings. The lowest BCUT2D eigenvalue weighted by atomic mass is 9.98. The fraction of sp³-hybridized carbons (Fsp3) is 0.571. The molecule has 20 heavy (non-hydrogen) atoms. The zero-order chi connectivity index (χ0) is 16.5. The standard InChI is InChI=1S/C10H18O4.C4H6O2/c1-6(11)4-9(5-7(2)12)8(3)10(13)14;1-3(2)4(5)6/h6-7,11-12H,4-5H2,1-3H3,(H,13,14);1H2,2H3,(H,5,6). The first kappa shape index (κ1) is 20.7. The summed E-state index contributed by atoms with van der Waals surface area (Å²) in [4.78, 5) is 20.3. The van der Waals surface area contributed by atoms with Gasteiger partial charge in [0.15, 0.2) is 0 Å². The molecule has 116 valence electrons. The number of carbonyl (C=O) groups is 2. The number of carboxylic acids is 2. The van der Waals surface area contributed by atoms with Crippen LogP contribution in [0.3, 0.4) is 0 Å². The quantitative estimate of drug-likeness (QED) is 0.551. The second-order valence-corrected chi connectivity index (χ2v) is 4.73. The topological polar surface area (TPSA) is 115 Å². The highest BCUT2D eigenvalue weighted by atomic mass is 16.4. The van der Waals surface area contributed by atoms with E-state index in [1.807, 2.05) is 0 Å². The van der Waals surface area contributed by atoms with Gasteiger partial charge in [-0.3, -0.25) is 0 Å². The third-order valence-corrected chi connectivity index (χ3v) is 2.30. The van der Waals surface area contributed by atoms with E-state index in [1.54, 1.807) is 13.8 Å². The predicted octanol–water partition coefficient (Wildman–Crippen LogP) is 1.58. The van der Waals surface area contributed by atoms with Gasteiger partial charge in [0.2, 0.25) is 0 Å². The Morgan fingerprint density at radius 1 is 0.950 bits per heavy atom. The van der Waals surface area contributed by atoms with E-state index in [-0.39, 0.29) is 11.1 Å². The van der Waals surface area contributed by atoms with Crippen molar-refractivity contribution in [3.8, 4) is 0 Å². The van der Waals surface area contributed by atoms with Gasteiger partial charge in [0, 0.05) is 11.1 Å². The molecule has 0 aliphatic carbocycles. The molecular formula is C14H24O6. The van der Waals surface area contributed by atoms with Crippen molar-refractivity contribution < 1.29 is 30.0 Å². The van der Waals surface area contributed by atoms with Gasteiger partial charge in [-0.05, 0) is 40.5 Å². The van der Waals surface area contributed by atoms with Crippen molar-refractivity contribution in [2.45, 2.75) is 52.7 Å². The van der Waals surface area contributed by atoms with Crippen LogP contribution in [-0.4, -0.2) is 44.6 Å². The van der Waals surface area contributed by atoms with E-state index in [4.69, 9.17) is 20.4 Å². The van der Waals surface area contributed by atoms with E-state index in [1.165, 1.54) is 13.8 Å². The zero-order valence-electron chi connectivity index (χ0n) is 12.4. The number of aliphatic hydroxyl groups is 2. The Morgan fingerprint density at radius 3 is 1.40 bits per heavy atom. The van der Waals surface area contributed by atoms with Gasteiger partial charge in [0.1, 0.15) is 0 Å². The number of aliphatic hydroxyl groups excluding tert-OH is 2. The van der Waals surface area contributed by atoms with Crippen LogP contribution < -0.4 is 0 Å². The number of hydrogen-bond acceptors (Lipinski definition) is 4. The van der Waals surface area contributed by atoms with Crippen LogP contribution in [0.15, 0.2) is 23.3 Å². The normalized spacial score (nSPS) is 12.5. The Morgan fingerprint density at radius 2 is 1.25 bits per heavy atom. The van der Waals surface area contributed by atoms with Crippen LogP contribution in [0, 0.1) is 0 Å². The molecule has 0 radical (unpaired) electrons. The van der Waals surface area contributed by atoms with Crippen molar-refractivity contribution in [1.82, 2.24) is 0 Å². The summed E-state index contributed by atoms with van der Waals surface area (Å²) in [6.07, 6.45) is -0.581. The summed E-state index contributed by atoms with van der Waals surface area (Å²) in [7, 11) is 0. The molecule has 0 aliphatic heterocycles. The van der Waals surface area contributed by atoms with E-state index >= 15 is 0 Å². The minimum Gasteiger partial charge on any atom is -0.478 e. The highest BCUT2D eigenvalue weighted by Gasteiger charge is 2.13. The van der Waals surface area contributed by atoms with Gasteiger partial charge < -0.3 is 20.4 Å². The van der Waals surface area contributed by atoms with Gasteiger partial charge >= 0.3 is 11.9 Å². The van der Waals surface area contributed by atoms with Crippen molar-refractivity contribution in [1.29, 1.82) is 0 Å². The van der Waals surface area contributed by atoms with Crippen molar-refractivity contribution in [3.63, 3.8) is 0 Å². The van der Waals surface area contributed by atoms with Gasteiger partial charge in [0.25, 0.3) is 0 Å². The minimum absolute atomic E-state index is 0.176. The largest absolute Gasteiger partial charge is 0.478 e. The number of hydrogen-bond donors (Lipinski definition) is 4. The lowest BCUT2D eigenvalue weighted by molar-refractivity contribution is -0.133. The van der Waals surface area contributed by atoms with E-state index in [0.29, 0.717) is 18.4 Å². The van der Waals surface area contributed by atoms with Crippen LogP contribution in [0.2, 0.25) is 0 Å². The highest BCUT2D eigenvalue weighted by Crippen LogP contribution is 2.17. The Balaban J connectivity index is 0. The minimum atomic E-state index is -0.999. The number of carboxylic acid groups (broad SMARTS) is 2. The van der Waals surface area contributed by atoms with Crippen LogP contribution in [0.5, 0.6) is 0 Å². The first-order valence-corrected chi connectivity index (χ1v) is 6.15. The molecule has 0 aliphatic rings. The predicted molar refractivity (Wildman–Crippen MR) is 75.4 cm³/mol. The molecule has 0 rings (SSSR count). The summed E-state index contributed by atoms with van der Waals surface area (Å²) in [6.45, 7) is 9.28. The Bertz CT molecular complexity index is 355. The molecule has 0 spiro atoms. The molecule has 6 nitrogen and oxygen atoms in total. The third kappa shape index (κ3) is 11.4. The van der Waals surface area contributed by atoms with Crippen LogP contribution >= 0.6 is 0 Å². The molecule has 0 heterocycles. The monoisotopic (exact) mass is 288 g/mol. The molecule has 0 amide bonds. The van der Waals surface area contributed by atoms with Crippen molar-refractivity contribution in [2.75, 3.05) is 0 Å². The van der Waals surface area contributed by atoms with Gasteiger partial charge in [-0.2, -0.15) is 0 Å². The molecule has 0 saturated heterocycles. The summed E-state index contributed by atoms with van der Waals surface area (Å²) < 4.78 is 0. The summed E-state index contributed by atoms with van der Waals surface area (Å²) in [5.41, 5.74) is 0.990. The van der Waals surface area contributed by atoms with Crippen molar-refractivity contribution in [3.05, 3.63) is 23.3 Å². The van der Waals surface area contributed by atoms with Crippen molar-refractivity contribution >= 4 is 11.9 Å². The number of aliphatic carboxylic acids is 2. The summed E-state index contributed by atoms with van der Waals surface area (Å²) >= 11 is 0. The maximum Gasteiger partial charge on any atom is 0.331 e. The summed E-state index contributed by atoms with van der Waals surface area (Å²) in [5.74, 6) is -1.93. The van der Waals surface area contributed by atoms with Crippen LogP contribution in [0.1, 0.15) is 40.5 Å². The lowest BCUT2D eigenvalue weighted by Gasteiger charge is -2.13. The molecule has 4 N–H and O–H groups in total. The maximum absolute atomic E-state index is 10.7. The molecule has 0 fully saturated rings. The van der Waals surface area contributed by atoms with E-state index < -0.39 is 24.1 Å². The van der Waals surface area contributed by atoms with Crippen LogP contribution in [-0.2, 0) is 9.59 Å². The Hall–Kier alpha value is -1.66. The molecule has 2 atom stereocenters. The van der Waals surface area contributed by atoms with Crippen molar-refractivity contribution in [2.24, 2.45) is 0 Å². The molecule has 0 aromatic heterocycles. The van der Waals surface area contributed by atoms with E-state index in [2.05, 4.69) is 6.58 Å². The lowest BCUT2D eigenvalue weighted by Crippen LogP contribution is -2.12. The molecule has 2 unspecified atom stereocenters. The smallest absolute Gasteiger partial charge is 0.331 e. The fourth-order valence-electron chi connectivity index (χ4n) is 1.25. The van der Waals surface area contributed by atoms with Crippen LogP contribution in [0.4, 0.5) is 0 Å². The molecule has 0 bridgehead atoms. The molecule has 0 aromatic carbocycles. The molecular weight excluding hydrogens is 264 g/mol. The summed E-state index contributed by atoms with van der Waals surface area (Å²) in [6, 6.07) is 0. The average molecular weight is 288 g/mol. The first-order valence-electron chi connectivity index (χ1n) is 6.15. The second-order valence-electron chi connectivity index (χ2n) is 4.73. The third-order valence-electron chi connectivity index (χ3n) is 2.30.